The Kier molecular flexibility index (Phi) is 5.62. The van der Waals surface area contributed by atoms with Gasteiger partial charge in [-0.2, -0.15) is 12.6 Å². The molecule has 0 aromatic heterocycles. The summed E-state index contributed by atoms with van der Waals surface area (Å²) in [4.78, 5) is 2.65. The van der Waals surface area contributed by atoms with Crippen LogP contribution in [0.2, 0.25) is 0 Å². The maximum absolute atomic E-state index is 5.73. The van der Waals surface area contributed by atoms with Gasteiger partial charge >= 0.3 is 0 Å². The van der Waals surface area contributed by atoms with Crippen molar-refractivity contribution in [3.63, 3.8) is 0 Å². The zero-order valence-electron chi connectivity index (χ0n) is 12.8. The molecule has 2 rings (SSSR count). The second kappa shape index (κ2) is 6.82. The molecular formula is C16H31NOS. The van der Waals surface area contributed by atoms with E-state index in [2.05, 4.69) is 11.8 Å². The second-order valence-electron chi connectivity index (χ2n) is 7.04. The van der Waals surface area contributed by atoms with Crippen LogP contribution in [-0.4, -0.2) is 43.0 Å². The molecule has 2 nitrogen and oxygen atoms in total. The number of rotatable bonds is 4. The summed E-state index contributed by atoms with van der Waals surface area (Å²) in [5.74, 6) is 1.05. The van der Waals surface area contributed by atoms with Crippen molar-refractivity contribution in [3.8, 4) is 0 Å². The molecule has 3 heteroatoms. The Morgan fingerprint density at radius 2 is 1.74 bits per heavy atom. The molecule has 0 N–H and O–H groups in total. The first kappa shape index (κ1) is 15.7. The van der Waals surface area contributed by atoms with E-state index in [1.807, 2.05) is 7.11 Å². The van der Waals surface area contributed by atoms with Crippen LogP contribution in [0.5, 0.6) is 0 Å². The average molecular weight is 285 g/mol. The van der Waals surface area contributed by atoms with Crippen LogP contribution >= 0.6 is 12.6 Å². The molecule has 0 aromatic carbocycles. The Morgan fingerprint density at radius 1 is 1.05 bits per heavy atom. The fraction of sp³-hybridized carbons (Fsp3) is 1.00. The summed E-state index contributed by atoms with van der Waals surface area (Å²) in [5, 5.41) is 0. The Morgan fingerprint density at radius 3 is 2.32 bits per heavy atom. The third-order valence-corrected chi connectivity index (χ3v) is 5.96. The van der Waals surface area contributed by atoms with Gasteiger partial charge < -0.3 is 4.74 Å². The van der Waals surface area contributed by atoms with Crippen LogP contribution in [-0.2, 0) is 4.74 Å². The number of nitrogens with zero attached hydrogens (tertiary/aromatic N) is 1. The molecule has 0 bridgehead atoms. The molecule has 1 aliphatic heterocycles. The lowest BCUT2D eigenvalue weighted by Gasteiger charge is -2.44. The fourth-order valence-corrected chi connectivity index (χ4v) is 4.34. The van der Waals surface area contributed by atoms with Crippen molar-refractivity contribution >= 4 is 12.6 Å². The van der Waals surface area contributed by atoms with Crippen molar-refractivity contribution in [1.82, 2.24) is 4.90 Å². The van der Waals surface area contributed by atoms with Gasteiger partial charge in [-0.05, 0) is 50.3 Å². The van der Waals surface area contributed by atoms with Crippen LogP contribution in [0, 0.1) is 5.41 Å². The van der Waals surface area contributed by atoms with Crippen molar-refractivity contribution in [3.05, 3.63) is 0 Å². The van der Waals surface area contributed by atoms with E-state index in [1.54, 1.807) is 0 Å². The lowest BCUT2D eigenvalue weighted by atomic mass is 9.80. The first-order valence-electron chi connectivity index (χ1n) is 8.00. The van der Waals surface area contributed by atoms with Gasteiger partial charge in [-0.25, -0.2) is 0 Å². The number of methoxy groups -OCH3 is 1. The van der Waals surface area contributed by atoms with Gasteiger partial charge in [0.1, 0.15) is 0 Å². The van der Waals surface area contributed by atoms with Gasteiger partial charge in [0.15, 0.2) is 0 Å². The molecule has 1 saturated heterocycles. The highest BCUT2D eigenvalue weighted by Gasteiger charge is 2.36. The monoisotopic (exact) mass is 285 g/mol. The Hall–Kier alpha value is 0.270. The first-order chi connectivity index (χ1) is 9.11. The normalized spacial score (nSPS) is 33.0. The van der Waals surface area contributed by atoms with E-state index >= 15 is 0 Å². The molecule has 1 atom stereocenters. The zero-order valence-corrected chi connectivity index (χ0v) is 13.7. The maximum atomic E-state index is 5.73. The van der Waals surface area contributed by atoms with E-state index in [4.69, 9.17) is 17.4 Å². The van der Waals surface area contributed by atoms with E-state index in [-0.39, 0.29) is 5.60 Å². The topological polar surface area (TPSA) is 12.5 Å². The summed E-state index contributed by atoms with van der Waals surface area (Å²) in [6.45, 7) is 5.84. The Bertz CT molecular complexity index is 276. The van der Waals surface area contributed by atoms with Crippen molar-refractivity contribution in [2.75, 3.05) is 32.5 Å². The first-order valence-corrected chi connectivity index (χ1v) is 8.63. The van der Waals surface area contributed by atoms with E-state index in [1.165, 1.54) is 64.5 Å². The molecule has 0 radical (unpaired) electrons. The van der Waals surface area contributed by atoms with Gasteiger partial charge in [-0.1, -0.05) is 25.7 Å². The average Bonchev–Trinajstić information content (AvgIpc) is 2.65. The van der Waals surface area contributed by atoms with E-state index in [9.17, 15) is 0 Å². The van der Waals surface area contributed by atoms with Crippen molar-refractivity contribution < 1.29 is 4.74 Å². The molecule has 0 aromatic rings. The van der Waals surface area contributed by atoms with Crippen LogP contribution in [0.25, 0.3) is 0 Å². The fourth-order valence-electron chi connectivity index (χ4n) is 3.93. The highest BCUT2D eigenvalue weighted by molar-refractivity contribution is 7.80. The number of likely N-dealkylation sites (tertiary alicyclic amines) is 1. The summed E-state index contributed by atoms with van der Waals surface area (Å²) < 4.78 is 5.73. The Balaban J connectivity index is 1.97. The summed E-state index contributed by atoms with van der Waals surface area (Å²) in [6.07, 6.45) is 10.9. The predicted octanol–water partition coefficient (Wildman–Crippen LogP) is 3.76. The van der Waals surface area contributed by atoms with Gasteiger partial charge in [0, 0.05) is 20.2 Å². The molecule has 112 valence electrons. The standard InChI is InChI=1S/C16H31NOS/c1-15(18-2)8-7-11-17(12-15)13-16(14-19)9-5-3-4-6-10-16/h19H,3-14H2,1-2H3. The third kappa shape index (κ3) is 4.12. The van der Waals surface area contributed by atoms with E-state index in [0.717, 1.165) is 12.3 Å². The molecule has 0 amide bonds. The van der Waals surface area contributed by atoms with Crippen molar-refractivity contribution in [1.29, 1.82) is 0 Å². The summed E-state index contributed by atoms with van der Waals surface area (Å²) in [6, 6.07) is 0. The molecular weight excluding hydrogens is 254 g/mol. The largest absolute Gasteiger partial charge is 0.377 e. The van der Waals surface area contributed by atoms with Gasteiger partial charge in [-0.15, -0.1) is 0 Å². The lowest BCUT2D eigenvalue weighted by molar-refractivity contribution is -0.0589. The number of thiol groups is 1. The lowest BCUT2D eigenvalue weighted by Crippen LogP contribution is -2.51. The minimum atomic E-state index is 0.0702. The van der Waals surface area contributed by atoms with Gasteiger partial charge in [0.25, 0.3) is 0 Å². The molecule has 1 saturated carbocycles. The van der Waals surface area contributed by atoms with Crippen LogP contribution < -0.4 is 0 Å². The van der Waals surface area contributed by atoms with Gasteiger partial charge in [0.2, 0.25) is 0 Å². The summed E-state index contributed by atoms with van der Waals surface area (Å²) >= 11 is 4.71. The van der Waals surface area contributed by atoms with Crippen LogP contribution in [0.4, 0.5) is 0 Å². The van der Waals surface area contributed by atoms with Gasteiger partial charge in [0.05, 0.1) is 5.60 Å². The number of hydrogen-bond acceptors (Lipinski definition) is 3. The molecule has 0 spiro atoms. The number of piperidine rings is 1. The predicted molar refractivity (Wildman–Crippen MR) is 85.1 cm³/mol. The van der Waals surface area contributed by atoms with Crippen LogP contribution in [0.1, 0.15) is 58.3 Å². The molecule has 19 heavy (non-hydrogen) atoms. The van der Waals surface area contributed by atoms with Crippen molar-refractivity contribution in [2.24, 2.45) is 5.41 Å². The van der Waals surface area contributed by atoms with Crippen LogP contribution in [0.15, 0.2) is 0 Å². The highest BCUT2D eigenvalue weighted by Crippen LogP contribution is 2.38. The summed E-state index contributed by atoms with van der Waals surface area (Å²) in [5.41, 5.74) is 0.534. The highest BCUT2D eigenvalue weighted by atomic mass is 32.1. The van der Waals surface area contributed by atoms with E-state index in [0.29, 0.717) is 5.41 Å². The number of ether oxygens (including phenoxy) is 1. The number of hydrogen-bond donors (Lipinski definition) is 1. The molecule has 2 aliphatic rings. The Labute approximate surface area is 124 Å². The summed E-state index contributed by atoms with van der Waals surface area (Å²) in [7, 11) is 1.86. The molecule has 1 aliphatic carbocycles. The molecule has 1 heterocycles. The molecule has 2 fully saturated rings. The van der Waals surface area contributed by atoms with E-state index < -0.39 is 0 Å². The minimum Gasteiger partial charge on any atom is -0.377 e. The minimum absolute atomic E-state index is 0.0702. The zero-order chi connectivity index (χ0) is 13.8. The van der Waals surface area contributed by atoms with Crippen LogP contribution in [0.3, 0.4) is 0 Å². The molecule has 1 unspecified atom stereocenters. The smallest absolute Gasteiger partial charge is 0.0777 e. The SMILES string of the molecule is COC1(C)CCCN(CC2(CS)CCCCCC2)C1. The second-order valence-corrected chi connectivity index (χ2v) is 7.36. The third-order valence-electron chi connectivity index (χ3n) is 5.29. The van der Waals surface area contributed by atoms with Gasteiger partial charge in [-0.3, -0.25) is 4.90 Å². The van der Waals surface area contributed by atoms with Crippen molar-refractivity contribution in [2.45, 2.75) is 63.9 Å². The quantitative estimate of drug-likeness (QED) is 0.624. The maximum Gasteiger partial charge on any atom is 0.0777 e.